The van der Waals surface area contributed by atoms with Crippen LogP contribution in [0.25, 0.3) is 5.69 Å². The summed E-state index contributed by atoms with van der Waals surface area (Å²) in [7, 11) is 1.48. The molecule has 156 valence electrons. The van der Waals surface area contributed by atoms with Gasteiger partial charge >= 0.3 is 5.97 Å². The number of nitrogens with zero attached hydrogens (tertiary/aromatic N) is 1. The topological polar surface area (TPSA) is 64.1 Å². The molecule has 1 atom stereocenters. The first kappa shape index (κ1) is 21.7. The number of benzene rings is 2. The Kier molecular flexibility index (Phi) is 7.00. The Morgan fingerprint density at radius 3 is 2.27 bits per heavy atom. The summed E-state index contributed by atoms with van der Waals surface area (Å²) < 4.78 is 6.64. The van der Waals surface area contributed by atoms with Crippen LogP contribution in [0.5, 0.6) is 0 Å². The van der Waals surface area contributed by atoms with Gasteiger partial charge in [-0.25, -0.2) is 9.48 Å². The lowest BCUT2D eigenvalue weighted by molar-refractivity contribution is -0.136. The third kappa shape index (κ3) is 4.60. The number of hydrogen-bond acceptors (Lipinski definition) is 3. The van der Waals surface area contributed by atoms with Crippen molar-refractivity contribution < 1.29 is 9.53 Å². The Labute approximate surface area is 179 Å². The quantitative estimate of drug-likeness (QED) is 0.359. The SMILES string of the molecule is COC(=O)/C(=C/C[S+](C)C)C(c1ccccc1)c1c(C)[nH]n(-c2ccccc2)c1=O. The monoisotopic (exact) mass is 423 g/mol. The van der Waals surface area contributed by atoms with Crippen LogP contribution in [0, 0.1) is 6.92 Å². The van der Waals surface area contributed by atoms with E-state index in [-0.39, 0.29) is 16.5 Å². The number of rotatable bonds is 7. The van der Waals surface area contributed by atoms with Crippen LogP contribution in [0.15, 0.2) is 77.1 Å². The van der Waals surface area contributed by atoms with Crippen molar-refractivity contribution in [2.24, 2.45) is 0 Å². The standard InChI is InChI=1S/C24H26N2O3S/c1-17-21(23(27)26(25-17)19-13-9-6-10-14-19)22(18-11-7-5-8-12-18)20(24(28)29-2)15-16-30(3)4/h5-15,22H,16H2,1-4H3/p+1/b20-15+. The molecular weight excluding hydrogens is 396 g/mol. The lowest BCUT2D eigenvalue weighted by Gasteiger charge is -2.19. The van der Waals surface area contributed by atoms with Crippen molar-refractivity contribution in [1.82, 2.24) is 9.78 Å². The molecule has 0 radical (unpaired) electrons. The normalized spacial score (nSPS) is 12.8. The van der Waals surface area contributed by atoms with Crippen LogP contribution in [0.1, 0.15) is 22.7 Å². The van der Waals surface area contributed by atoms with Crippen molar-refractivity contribution in [3.8, 4) is 5.69 Å². The molecule has 30 heavy (non-hydrogen) atoms. The summed E-state index contributed by atoms with van der Waals surface area (Å²) in [6.07, 6.45) is 6.16. The summed E-state index contributed by atoms with van der Waals surface area (Å²) in [4.78, 5) is 26.3. The van der Waals surface area contributed by atoms with Gasteiger partial charge in [-0.2, -0.15) is 0 Å². The average molecular weight is 424 g/mol. The lowest BCUT2D eigenvalue weighted by atomic mass is 9.84. The number of H-pyrrole nitrogens is 1. The van der Waals surface area contributed by atoms with Gasteiger partial charge in [0.15, 0.2) is 0 Å². The van der Waals surface area contributed by atoms with Gasteiger partial charge in [0.25, 0.3) is 5.56 Å². The maximum Gasteiger partial charge on any atom is 0.334 e. The van der Waals surface area contributed by atoms with Crippen LogP contribution >= 0.6 is 0 Å². The minimum atomic E-state index is -0.518. The summed E-state index contributed by atoms with van der Waals surface area (Å²) in [6.45, 7) is 1.87. The van der Waals surface area contributed by atoms with Crippen LogP contribution < -0.4 is 5.56 Å². The molecule has 0 saturated heterocycles. The van der Waals surface area contributed by atoms with Gasteiger partial charge in [0, 0.05) is 17.2 Å². The van der Waals surface area contributed by atoms with Crippen molar-refractivity contribution in [2.45, 2.75) is 12.8 Å². The predicted molar refractivity (Wildman–Crippen MR) is 124 cm³/mol. The summed E-state index contributed by atoms with van der Waals surface area (Å²) in [5.41, 5.74) is 3.21. The first-order valence-electron chi connectivity index (χ1n) is 9.68. The van der Waals surface area contributed by atoms with Gasteiger partial charge in [-0.05, 0) is 41.6 Å². The highest BCUT2D eigenvalue weighted by Gasteiger charge is 2.31. The molecule has 5 nitrogen and oxygen atoms in total. The summed E-state index contributed by atoms with van der Waals surface area (Å²) in [5, 5.41) is 3.18. The molecule has 0 spiro atoms. The molecule has 2 aromatic carbocycles. The Hall–Kier alpha value is -2.99. The summed E-state index contributed by atoms with van der Waals surface area (Å²) in [6, 6.07) is 19.1. The van der Waals surface area contributed by atoms with Gasteiger partial charge in [-0.3, -0.25) is 9.89 Å². The molecule has 0 amide bonds. The predicted octanol–water partition coefficient (Wildman–Crippen LogP) is 3.58. The molecule has 0 fully saturated rings. The van der Waals surface area contributed by atoms with Gasteiger partial charge in [0.1, 0.15) is 5.75 Å². The number of aromatic amines is 1. The fraction of sp³-hybridized carbons (Fsp3) is 0.250. The van der Waals surface area contributed by atoms with Gasteiger partial charge in [-0.15, -0.1) is 0 Å². The van der Waals surface area contributed by atoms with Gasteiger partial charge in [0.2, 0.25) is 0 Å². The smallest absolute Gasteiger partial charge is 0.334 e. The lowest BCUT2D eigenvalue weighted by Crippen LogP contribution is -2.24. The molecule has 0 aliphatic carbocycles. The molecular formula is C24H27N2O3S+. The second-order valence-electron chi connectivity index (χ2n) is 7.27. The van der Waals surface area contributed by atoms with Gasteiger partial charge in [-0.1, -0.05) is 48.5 Å². The third-order valence-corrected chi connectivity index (χ3v) is 5.76. The maximum absolute atomic E-state index is 13.5. The van der Waals surface area contributed by atoms with E-state index in [2.05, 4.69) is 17.6 Å². The highest BCUT2D eigenvalue weighted by molar-refractivity contribution is 7.95. The number of para-hydroxylation sites is 1. The second-order valence-corrected chi connectivity index (χ2v) is 9.58. The zero-order valence-corrected chi connectivity index (χ0v) is 18.5. The van der Waals surface area contributed by atoms with Crippen LogP contribution in [-0.4, -0.2) is 41.1 Å². The zero-order chi connectivity index (χ0) is 21.7. The molecule has 1 heterocycles. The first-order valence-corrected chi connectivity index (χ1v) is 11.9. The fourth-order valence-electron chi connectivity index (χ4n) is 3.50. The van der Waals surface area contributed by atoms with Crippen molar-refractivity contribution in [1.29, 1.82) is 0 Å². The molecule has 1 aromatic heterocycles. The van der Waals surface area contributed by atoms with E-state index in [1.807, 2.05) is 73.7 Å². The molecule has 1 N–H and O–H groups in total. The number of methoxy groups -OCH3 is 1. The van der Waals surface area contributed by atoms with Crippen LogP contribution in [0.2, 0.25) is 0 Å². The first-order chi connectivity index (χ1) is 14.4. The van der Waals surface area contributed by atoms with E-state index in [1.54, 1.807) is 0 Å². The molecule has 0 aliphatic heterocycles. The highest BCUT2D eigenvalue weighted by atomic mass is 32.2. The number of carbonyl (C=O) groups excluding carboxylic acids is 1. The van der Waals surface area contributed by atoms with Crippen molar-refractivity contribution in [3.63, 3.8) is 0 Å². The number of ether oxygens (including phenoxy) is 1. The maximum atomic E-state index is 13.5. The van der Waals surface area contributed by atoms with E-state index in [1.165, 1.54) is 11.8 Å². The van der Waals surface area contributed by atoms with Crippen molar-refractivity contribution in [2.75, 3.05) is 25.4 Å². The van der Waals surface area contributed by atoms with E-state index in [4.69, 9.17) is 4.74 Å². The number of esters is 1. The number of carbonyl (C=O) groups is 1. The summed E-state index contributed by atoms with van der Waals surface area (Å²) >= 11 is 0. The molecule has 3 aromatic rings. The molecule has 6 heteroatoms. The van der Waals surface area contributed by atoms with E-state index < -0.39 is 11.9 Å². The molecule has 3 rings (SSSR count). The molecule has 0 aliphatic rings. The third-order valence-electron chi connectivity index (χ3n) is 4.92. The van der Waals surface area contributed by atoms with E-state index in [0.29, 0.717) is 11.1 Å². The number of nitrogens with one attached hydrogen (secondary N) is 1. The van der Waals surface area contributed by atoms with Crippen LogP contribution in [-0.2, 0) is 20.4 Å². The Bertz CT molecular complexity index is 1080. The van der Waals surface area contributed by atoms with Crippen LogP contribution in [0.3, 0.4) is 0 Å². The molecule has 1 unspecified atom stereocenters. The number of hydrogen-bond donors (Lipinski definition) is 1. The van der Waals surface area contributed by atoms with Crippen LogP contribution in [0.4, 0.5) is 0 Å². The van der Waals surface area contributed by atoms with Crippen molar-refractivity contribution in [3.05, 3.63) is 99.5 Å². The summed E-state index contributed by atoms with van der Waals surface area (Å²) in [5.74, 6) is -0.194. The second kappa shape index (κ2) is 9.67. The fourth-order valence-corrected chi connectivity index (χ4v) is 4.01. The van der Waals surface area contributed by atoms with E-state index >= 15 is 0 Å². The molecule has 0 bridgehead atoms. The van der Waals surface area contributed by atoms with Crippen molar-refractivity contribution >= 4 is 16.9 Å². The average Bonchev–Trinajstić information content (AvgIpc) is 3.05. The minimum Gasteiger partial charge on any atom is -0.466 e. The Morgan fingerprint density at radius 2 is 1.70 bits per heavy atom. The molecule has 0 saturated carbocycles. The zero-order valence-electron chi connectivity index (χ0n) is 17.7. The van der Waals surface area contributed by atoms with E-state index in [9.17, 15) is 9.59 Å². The van der Waals surface area contributed by atoms with Gasteiger partial charge in [0.05, 0.1) is 30.9 Å². The van der Waals surface area contributed by atoms with E-state index in [0.717, 1.165) is 22.7 Å². The minimum absolute atomic E-state index is 0.105. The largest absolute Gasteiger partial charge is 0.466 e. The van der Waals surface area contributed by atoms with Gasteiger partial charge < -0.3 is 4.74 Å². The Morgan fingerprint density at radius 1 is 1.10 bits per heavy atom. The highest BCUT2D eigenvalue weighted by Crippen LogP contribution is 2.32. The number of aryl methyl sites for hydroxylation is 1. The Balaban J connectivity index is 2.24. The number of aromatic nitrogens is 2.